The van der Waals surface area contributed by atoms with Gasteiger partial charge in [0.15, 0.2) is 5.58 Å². The number of ether oxygens (including phenoxy) is 1. The van der Waals surface area contributed by atoms with Gasteiger partial charge in [-0.1, -0.05) is 30.9 Å². The van der Waals surface area contributed by atoms with Gasteiger partial charge in [0.25, 0.3) is 5.88 Å². The minimum Gasteiger partial charge on any atom is -0.473 e. The van der Waals surface area contributed by atoms with E-state index >= 15 is 0 Å². The molecule has 0 atom stereocenters. The minimum atomic E-state index is -0.234. The van der Waals surface area contributed by atoms with E-state index in [9.17, 15) is 0 Å². The first-order chi connectivity index (χ1) is 9.16. The molecule has 1 aliphatic carbocycles. The van der Waals surface area contributed by atoms with Crippen LogP contribution in [0, 0.1) is 0 Å². The first-order valence-electron chi connectivity index (χ1n) is 6.63. The Kier molecular flexibility index (Phi) is 3.37. The van der Waals surface area contributed by atoms with E-state index in [1.54, 1.807) is 18.2 Å². The molecule has 0 radical (unpaired) electrons. The van der Waals surface area contributed by atoms with E-state index in [-0.39, 0.29) is 5.54 Å². The van der Waals surface area contributed by atoms with Crippen LogP contribution in [0.5, 0.6) is 5.88 Å². The maximum atomic E-state index is 6.34. The van der Waals surface area contributed by atoms with Crippen LogP contribution in [-0.4, -0.2) is 17.3 Å². The smallest absolute Gasteiger partial charge is 0.262 e. The van der Waals surface area contributed by atoms with Crippen LogP contribution >= 0.6 is 11.6 Å². The van der Waals surface area contributed by atoms with Gasteiger partial charge in [-0.2, -0.15) is 0 Å². The van der Waals surface area contributed by atoms with Gasteiger partial charge >= 0.3 is 0 Å². The molecular weight excluding hydrogens is 264 g/mol. The molecule has 0 amide bonds. The number of hydrogen-bond acceptors (Lipinski definition) is 4. The van der Waals surface area contributed by atoms with Crippen LogP contribution in [0.15, 0.2) is 22.7 Å². The van der Waals surface area contributed by atoms with Gasteiger partial charge in [-0.25, -0.2) is 0 Å². The first-order valence-corrected chi connectivity index (χ1v) is 7.01. The third-order valence-electron chi connectivity index (χ3n) is 3.74. The molecule has 1 aliphatic rings. The lowest BCUT2D eigenvalue weighted by atomic mass is 9.83. The van der Waals surface area contributed by atoms with Crippen molar-refractivity contribution < 1.29 is 9.26 Å². The Balaban J connectivity index is 1.76. The molecule has 1 aromatic carbocycles. The second kappa shape index (κ2) is 5.02. The third-order valence-corrected chi connectivity index (χ3v) is 3.98. The van der Waals surface area contributed by atoms with E-state index in [0.717, 1.165) is 18.2 Å². The van der Waals surface area contributed by atoms with E-state index in [2.05, 4.69) is 5.16 Å². The molecule has 0 aliphatic heterocycles. The number of nitrogens with zero attached hydrogens (tertiary/aromatic N) is 1. The van der Waals surface area contributed by atoms with Gasteiger partial charge in [-0.3, -0.25) is 0 Å². The highest BCUT2D eigenvalue weighted by Gasteiger charge is 2.28. The van der Waals surface area contributed by atoms with Crippen LogP contribution in [0.2, 0.25) is 5.02 Å². The normalized spacial score (nSPS) is 18.6. The van der Waals surface area contributed by atoms with Crippen molar-refractivity contribution in [2.45, 2.75) is 37.6 Å². The van der Waals surface area contributed by atoms with E-state index in [0.29, 0.717) is 23.1 Å². The molecule has 1 heterocycles. The van der Waals surface area contributed by atoms with E-state index in [4.69, 9.17) is 26.6 Å². The number of benzene rings is 1. The average molecular weight is 281 g/mol. The molecule has 19 heavy (non-hydrogen) atoms. The molecule has 1 fully saturated rings. The summed E-state index contributed by atoms with van der Waals surface area (Å²) in [6, 6.07) is 5.35. The fourth-order valence-corrected chi connectivity index (χ4v) is 2.78. The summed E-state index contributed by atoms with van der Waals surface area (Å²) >= 11 is 5.97. The van der Waals surface area contributed by atoms with Gasteiger partial charge in [-0.15, -0.1) is 0 Å². The summed E-state index contributed by atoms with van der Waals surface area (Å²) in [4.78, 5) is 0. The summed E-state index contributed by atoms with van der Waals surface area (Å²) in [7, 11) is 0. The van der Waals surface area contributed by atoms with Crippen molar-refractivity contribution in [2.24, 2.45) is 5.73 Å². The van der Waals surface area contributed by atoms with Crippen LogP contribution in [0.3, 0.4) is 0 Å². The van der Waals surface area contributed by atoms with Gasteiger partial charge < -0.3 is 15.0 Å². The van der Waals surface area contributed by atoms with Crippen molar-refractivity contribution in [3.63, 3.8) is 0 Å². The zero-order valence-electron chi connectivity index (χ0n) is 10.7. The van der Waals surface area contributed by atoms with E-state index in [1.165, 1.54) is 19.3 Å². The summed E-state index contributed by atoms with van der Waals surface area (Å²) in [5, 5.41) is 5.38. The summed E-state index contributed by atoms with van der Waals surface area (Å²) in [5.74, 6) is 0.480. The van der Waals surface area contributed by atoms with Crippen LogP contribution in [-0.2, 0) is 0 Å². The first kappa shape index (κ1) is 12.8. The molecule has 2 N–H and O–H groups in total. The molecule has 4 nitrogen and oxygen atoms in total. The Hall–Kier alpha value is -1.26. The maximum absolute atomic E-state index is 6.34. The largest absolute Gasteiger partial charge is 0.473 e. The molecule has 1 saturated carbocycles. The summed E-state index contributed by atoms with van der Waals surface area (Å²) in [6.07, 6.45) is 5.62. The number of hydrogen-bond donors (Lipinski definition) is 1. The highest BCUT2D eigenvalue weighted by atomic mass is 35.5. The predicted molar refractivity (Wildman–Crippen MR) is 74.5 cm³/mol. The lowest BCUT2D eigenvalue weighted by molar-refractivity contribution is 0.165. The van der Waals surface area contributed by atoms with Crippen molar-refractivity contribution in [1.82, 2.24) is 5.16 Å². The number of halogens is 1. The Morgan fingerprint density at radius 3 is 2.89 bits per heavy atom. The molecule has 3 rings (SSSR count). The third kappa shape index (κ3) is 2.69. The molecule has 102 valence electrons. The molecule has 0 bridgehead atoms. The summed E-state index contributed by atoms with van der Waals surface area (Å²) in [5.41, 5.74) is 6.78. The van der Waals surface area contributed by atoms with E-state index < -0.39 is 0 Å². The fourth-order valence-electron chi connectivity index (χ4n) is 2.61. The number of aromatic nitrogens is 1. The Bertz CT molecular complexity index is 576. The average Bonchev–Trinajstić information content (AvgIpc) is 2.80. The lowest BCUT2D eigenvalue weighted by Gasteiger charge is -2.32. The molecule has 1 aromatic heterocycles. The van der Waals surface area contributed by atoms with Crippen molar-refractivity contribution >= 4 is 22.6 Å². The highest BCUT2D eigenvalue weighted by molar-refractivity contribution is 6.31. The molecule has 0 spiro atoms. The van der Waals surface area contributed by atoms with Crippen LogP contribution in [0.25, 0.3) is 11.0 Å². The summed E-state index contributed by atoms with van der Waals surface area (Å²) in [6.45, 7) is 0.473. The van der Waals surface area contributed by atoms with Crippen molar-refractivity contribution in [3.05, 3.63) is 23.2 Å². The quantitative estimate of drug-likeness (QED) is 0.934. The SMILES string of the molecule is NC1(COc2noc3ccc(Cl)cc23)CCCCC1. The van der Waals surface area contributed by atoms with Gasteiger partial charge in [-0.05, 0) is 36.2 Å². The van der Waals surface area contributed by atoms with Crippen molar-refractivity contribution in [1.29, 1.82) is 0 Å². The molecule has 0 saturated heterocycles. The zero-order valence-corrected chi connectivity index (χ0v) is 11.4. The topological polar surface area (TPSA) is 61.3 Å². The molecule has 0 unspecified atom stereocenters. The van der Waals surface area contributed by atoms with E-state index in [1.807, 2.05) is 0 Å². The van der Waals surface area contributed by atoms with Gasteiger partial charge in [0.1, 0.15) is 6.61 Å². The van der Waals surface area contributed by atoms with Crippen LogP contribution < -0.4 is 10.5 Å². The Morgan fingerprint density at radius 1 is 1.32 bits per heavy atom. The van der Waals surface area contributed by atoms with Gasteiger partial charge in [0, 0.05) is 5.02 Å². The van der Waals surface area contributed by atoms with Gasteiger partial charge in [0.05, 0.1) is 10.9 Å². The second-order valence-electron chi connectivity index (χ2n) is 5.34. The number of fused-ring (bicyclic) bond motifs is 1. The lowest BCUT2D eigenvalue weighted by Crippen LogP contribution is -2.47. The highest BCUT2D eigenvalue weighted by Crippen LogP contribution is 2.30. The van der Waals surface area contributed by atoms with Crippen molar-refractivity contribution in [2.75, 3.05) is 6.61 Å². The van der Waals surface area contributed by atoms with Crippen LogP contribution in [0.4, 0.5) is 0 Å². The minimum absolute atomic E-state index is 0.234. The second-order valence-corrected chi connectivity index (χ2v) is 5.78. The Labute approximate surface area is 116 Å². The predicted octanol–water partition coefficient (Wildman–Crippen LogP) is 3.52. The van der Waals surface area contributed by atoms with Crippen LogP contribution in [0.1, 0.15) is 32.1 Å². The van der Waals surface area contributed by atoms with Gasteiger partial charge in [0.2, 0.25) is 0 Å². The monoisotopic (exact) mass is 280 g/mol. The number of nitrogens with two attached hydrogens (primary N) is 1. The zero-order chi connectivity index (χ0) is 13.3. The molecule has 5 heteroatoms. The standard InChI is InChI=1S/C14H17ClN2O2/c15-10-4-5-12-11(8-10)13(17-19-12)18-9-14(16)6-2-1-3-7-14/h4-5,8H,1-3,6-7,9,16H2. The number of rotatable bonds is 3. The molecule has 2 aromatic rings. The maximum Gasteiger partial charge on any atom is 0.262 e. The summed E-state index contributed by atoms with van der Waals surface area (Å²) < 4.78 is 11.0. The van der Waals surface area contributed by atoms with Crippen molar-refractivity contribution in [3.8, 4) is 5.88 Å². The molecular formula is C14H17ClN2O2. The fraction of sp³-hybridized carbons (Fsp3) is 0.500. The Morgan fingerprint density at radius 2 is 2.11 bits per heavy atom.